The summed E-state index contributed by atoms with van der Waals surface area (Å²) in [6, 6.07) is 10.8. The predicted molar refractivity (Wildman–Crippen MR) is 81.5 cm³/mol. The molecule has 0 aliphatic carbocycles. The first kappa shape index (κ1) is 14.0. The SMILES string of the molecule is O=CC=CN1N=Cc2ccccc2C1CC(=O)c1ccco1. The number of hydrogen-bond donors (Lipinski definition) is 0. The number of fused-ring (bicyclic) bond motifs is 1. The topological polar surface area (TPSA) is 62.9 Å². The Morgan fingerprint density at radius 1 is 1.27 bits per heavy atom. The van der Waals surface area contributed by atoms with E-state index in [9.17, 15) is 9.59 Å². The monoisotopic (exact) mass is 294 g/mol. The van der Waals surface area contributed by atoms with Gasteiger partial charge >= 0.3 is 0 Å². The number of Topliss-reactive ketones (excluding diaryl/α,β-unsaturated/α-hetero) is 1. The van der Waals surface area contributed by atoms with Gasteiger partial charge in [0, 0.05) is 12.6 Å². The average molecular weight is 294 g/mol. The van der Waals surface area contributed by atoms with Gasteiger partial charge in [-0.25, -0.2) is 0 Å². The van der Waals surface area contributed by atoms with Crippen molar-refractivity contribution < 1.29 is 14.0 Å². The van der Waals surface area contributed by atoms with Crippen LogP contribution in [0.1, 0.15) is 34.1 Å². The highest BCUT2D eigenvalue weighted by molar-refractivity contribution is 5.94. The van der Waals surface area contributed by atoms with Crippen LogP contribution in [0.2, 0.25) is 0 Å². The van der Waals surface area contributed by atoms with Gasteiger partial charge in [-0.15, -0.1) is 0 Å². The van der Waals surface area contributed by atoms with Crippen LogP contribution in [0.4, 0.5) is 0 Å². The number of furan rings is 1. The van der Waals surface area contributed by atoms with Gasteiger partial charge in [0.1, 0.15) is 6.29 Å². The van der Waals surface area contributed by atoms with Crippen molar-refractivity contribution in [3.63, 3.8) is 0 Å². The minimum Gasteiger partial charge on any atom is -0.461 e. The number of ketones is 1. The van der Waals surface area contributed by atoms with Gasteiger partial charge < -0.3 is 4.42 Å². The summed E-state index contributed by atoms with van der Waals surface area (Å²) in [6.45, 7) is 0. The molecule has 3 rings (SSSR count). The highest BCUT2D eigenvalue weighted by Crippen LogP contribution is 2.31. The second-order valence-corrected chi connectivity index (χ2v) is 4.85. The van der Waals surface area contributed by atoms with Crippen LogP contribution in [0.5, 0.6) is 0 Å². The average Bonchev–Trinajstić information content (AvgIpc) is 3.08. The fraction of sp³-hybridized carbons (Fsp3) is 0.118. The molecule has 1 atom stereocenters. The van der Waals surface area contributed by atoms with Crippen LogP contribution in [-0.4, -0.2) is 23.3 Å². The summed E-state index contributed by atoms with van der Waals surface area (Å²) < 4.78 is 5.16. The van der Waals surface area contributed by atoms with Gasteiger partial charge in [0.15, 0.2) is 11.5 Å². The molecule has 110 valence electrons. The number of rotatable bonds is 5. The summed E-state index contributed by atoms with van der Waals surface area (Å²) in [5.41, 5.74) is 1.96. The van der Waals surface area contributed by atoms with Crippen molar-refractivity contribution in [2.75, 3.05) is 0 Å². The van der Waals surface area contributed by atoms with E-state index >= 15 is 0 Å². The fourth-order valence-electron chi connectivity index (χ4n) is 2.47. The number of hydrogen-bond acceptors (Lipinski definition) is 5. The maximum absolute atomic E-state index is 12.3. The summed E-state index contributed by atoms with van der Waals surface area (Å²) in [4.78, 5) is 22.9. The lowest BCUT2D eigenvalue weighted by Gasteiger charge is -2.30. The third-order valence-electron chi connectivity index (χ3n) is 3.50. The zero-order valence-corrected chi connectivity index (χ0v) is 11.8. The molecule has 0 amide bonds. The lowest BCUT2D eigenvalue weighted by atomic mass is 9.94. The number of allylic oxidation sites excluding steroid dienone is 1. The molecule has 1 aromatic carbocycles. The van der Waals surface area contributed by atoms with E-state index in [4.69, 9.17) is 4.42 Å². The minimum absolute atomic E-state index is 0.105. The van der Waals surface area contributed by atoms with Crippen LogP contribution >= 0.6 is 0 Å². The first-order valence-corrected chi connectivity index (χ1v) is 6.89. The quantitative estimate of drug-likeness (QED) is 0.483. The third-order valence-corrected chi connectivity index (χ3v) is 3.50. The van der Waals surface area contributed by atoms with Crippen LogP contribution in [0.15, 0.2) is 64.5 Å². The molecule has 0 saturated carbocycles. The Morgan fingerprint density at radius 2 is 2.14 bits per heavy atom. The highest BCUT2D eigenvalue weighted by atomic mass is 16.3. The van der Waals surface area contributed by atoms with Gasteiger partial charge in [-0.1, -0.05) is 24.3 Å². The molecule has 0 saturated heterocycles. The standard InChI is InChI=1S/C17H14N2O3/c20-9-4-8-19-15(11-16(21)17-7-3-10-22-17)14-6-2-1-5-13(14)12-18-19/h1-10,12,15H,11H2. The van der Waals surface area contributed by atoms with Crippen LogP contribution in [0.25, 0.3) is 0 Å². The molecule has 0 fully saturated rings. The Kier molecular flexibility index (Phi) is 3.96. The van der Waals surface area contributed by atoms with Crippen molar-refractivity contribution >= 4 is 18.3 Å². The minimum atomic E-state index is -0.269. The molecule has 1 aromatic heterocycles. The highest BCUT2D eigenvalue weighted by Gasteiger charge is 2.27. The molecule has 0 radical (unpaired) electrons. The van der Waals surface area contributed by atoms with E-state index in [1.54, 1.807) is 29.6 Å². The van der Waals surface area contributed by atoms with Gasteiger partial charge in [-0.2, -0.15) is 5.10 Å². The predicted octanol–water partition coefficient (Wildman–Crippen LogP) is 2.96. The molecular formula is C17H14N2O3. The summed E-state index contributed by atoms with van der Waals surface area (Å²) in [5.74, 6) is 0.220. The van der Waals surface area contributed by atoms with Crippen molar-refractivity contribution in [2.45, 2.75) is 12.5 Å². The Morgan fingerprint density at radius 3 is 2.91 bits per heavy atom. The molecule has 5 heteroatoms. The Bertz CT molecular complexity index is 732. The Hall–Kier alpha value is -2.95. The number of hydrazone groups is 1. The summed E-state index contributed by atoms with van der Waals surface area (Å²) in [5, 5.41) is 5.93. The van der Waals surface area contributed by atoms with E-state index in [2.05, 4.69) is 5.10 Å². The van der Waals surface area contributed by atoms with Gasteiger partial charge in [-0.05, 0) is 29.3 Å². The zero-order valence-electron chi connectivity index (χ0n) is 11.8. The molecular weight excluding hydrogens is 280 g/mol. The molecule has 1 aliphatic heterocycles. The number of aldehydes is 1. The Labute approximate surface area is 127 Å². The van der Waals surface area contributed by atoms with E-state index in [1.165, 1.54) is 12.3 Å². The van der Waals surface area contributed by atoms with Crippen molar-refractivity contribution in [3.05, 3.63) is 71.8 Å². The van der Waals surface area contributed by atoms with Gasteiger partial charge in [0.2, 0.25) is 0 Å². The molecule has 0 N–H and O–H groups in total. The largest absolute Gasteiger partial charge is 0.461 e. The molecule has 1 unspecified atom stereocenters. The van der Waals surface area contributed by atoms with E-state index in [0.29, 0.717) is 12.0 Å². The van der Waals surface area contributed by atoms with Gasteiger partial charge in [0.05, 0.1) is 18.5 Å². The van der Waals surface area contributed by atoms with Gasteiger partial charge in [-0.3, -0.25) is 14.6 Å². The molecule has 22 heavy (non-hydrogen) atoms. The lowest BCUT2D eigenvalue weighted by molar-refractivity contribution is -0.104. The maximum atomic E-state index is 12.3. The zero-order chi connectivity index (χ0) is 15.4. The van der Waals surface area contributed by atoms with Crippen molar-refractivity contribution in [3.8, 4) is 0 Å². The van der Waals surface area contributed by atoms with E-state index in [-0.39, 0.29) is 18.2 Å². The van der Waals surface area contributed by atoms with E-state index in [1.807, 2.05) is 24.3 Å². The first-order chi connectivity index (χ1) is 10.8. The van der Waals surface area contributed by atoms with Crippen LogP contribution < -0.4 is 0 Å². The lowest BCUT2D eigenvalue weighted by Crippen LogP contribution is -2.26. The Balaban J connectivity index is 1.92. The number of nitrogens with zero attached hydrogens (tertiary/aromatic N) is 2. The summed E-state index contributed by atoms with van der Waals surface area (Å²) >= 11 is 0. The number of benzene rings is 1. The maximum Gasteiger partial charge on any atom is 0.200 e. The van der Waals surface area contributed by atoms with Crippen molar-refractivity contribution in [1.82, 2.24) is 5.01 Å². The second kappa shape index (κ2) is 6.22. The molecule has 2 aromatic rings. The van der Waals surface area contributed by atoms with Crippen LogP contribution in [-0.2, 0) is 4.79 Å². The fourth-order valence-corrected chi connectivity index (χ4v) is 2.47. The number of carbonyl (C=O) groups excluding carboxylic acids is 2. The van der Waals surface area contributed by atoms with E-state index in [0.717, 1.165) is 11.1 Å². The molecule has 2 heterocycles. The van der Waals surface area contributed by atoms with E-state index < -0.39 is 0 Å². The smallest absolute Gasteiger partial charge is 0.200 e. The molecule has 0 spiro atoms. The van der Waals surface area contributed by atoms with Gasteiger partial charge in [0.25, 0.3) is 0 Å². The van der Waals surface area contributed by atoms with Crippen LogP contribution in [0, 0.1) is 0 Å². The number of carbonyl (C=O) groups is 2. The van der Waals surface area contributed by atoms with Crippen molar-refractivity contribution in [1.29, 1.82) is 0 Å². The normalized spacial score (nSPS) is 16.7. The molecule has 1 aliphatic rings. The molecule has 0 bridgehead atoms. The third kappa shape index (κ3) is 2.74. The summed E-state index contributed by atoms with van der Waals surface area (Å²) in [7, 11) is 0. The van der Waals surface area contributed by atoms with Crippen LogP contribution in [0.3, 0.4) is 0 Å². The summed E-state index contributed by atoms with van der Waals surface area (Å²) in [6.07, 6.45) is 7.02. The first-order valence-electron chi connectivity index (χ1n) is 6.89. The second-order valence-electron chi connectivity index (χ2n) is 4.85. The molecule has 5 nitrogen and oxygen atoms in total. The van der Waals surface area contributed by atoms with Crippen molar-refractivity contribution in [2.24, 2.45) is 5.10 Å².